The minimum Gasteiger partial charge on any atom is -0.493 e. The third-order valence-electron chi connectivity index (χ3n) is 2.19. The fourth-order valence-electron chi connectivity index (χ4n) is 1.43. The molecule has 0 atom stereocenters. The first-order chi connectivity index (χ1) is 8.28. The van der Waals surface area contributed by atoms with Crippen molar-refractivity contribution in [3.63, 3.8) is 0 Å². The van der Waals surface area contributed by atoms with Crippen LogP contribution in [0.1, 0.15) is 5.56 Å². The van der Waals surface area contributed by atoms with Gasteiger partial charge in [0.2, 0.25) is 5.75 Å². The largest absolute Gasteiger partial charge is 0.493 e. The van der Waals surface area contributed by atoms with Crippen LogP contribution in [-0.2, 0) is 0 Å². The van der Waals surface area contributed by atoms with Crippen molar-refractivity contribution in [2.45, 2.75) is 0 Å². The summed E-state index contributed by atoms with van der Waals surface area (Å²) in [6.07, 6.45) is 0. The fraction of sp³-hybridized carbons (Fsp3) is 0.385. The van der Waals surface area contributed by atoms with Gasteiger partial charge in [-0.1, -0.05) is 11.8 Å². The highest BCUT2D eigenvalue weighted by molar-refractivity contribution is 5.60. The molecule has 0 aliphatic rings. The number of rotatable bonds is 4. The van der Waals surface area contributed by atoms with E-state index in [1.54, 1.807) is 21.3 Å². The summed E-state index contributed by atoms with van der Waals surface area (Å²) >= 11 is 0. The Morgan fingerprint density at radius 2 is 1.76 bits per heavy atom. The van der Waals surface area contributed by atoms with Gasteiger partial charge in [-0.15, -0.1) is 0 Å². The molecule has 4 nitrogen and oxygen atoms in total. The molecule has 0 aromatic heterocycles. The molecular weight excluding hydrogens is 218 g/mol. The van der Waals surface area contributed by atoms with E-state index in [1.165, 1.54) is 0 Å². The molecule has 0 unspecified atom stereocenters. The van der Waals surface area contributed by atoms with Crippen LogP contribution in [0.25, 0.3) is 0 Å². The molecule has 0 fully saturated rings. The molecule has 0 amide bonds. The molecular formula is C13H17NO3. The average molecular weight is 235 g/mol. The second-order valence-electron chi connectivity index (χ2n) is 3.21. The fourth-order valence-corrected chi connectivity index (χ4v) is 1.43. The predicted molar refractivity (Wildman–Crippen MR) is 66.9 cm³/mol. The number of benzene rings is 1. The van der Waals surface area contributed by atoms with Crippen molar-refractivity contribution in [2.75, 3.05) is 34.9 Å². The van der Waals surface area contributed by atoms with Crippen LogP contribution in [0.3, 0.4) is 0 Å². The van der Waals surface area contributed by atoms with Crippen molar-refractivity contribution in [3.8, 4) is 29.1 Å². The van der Waals surface area contributed by atoms with Gasteiger partial charge in [0.15, 0.2) is 11.5 Å². The lowest BCUT2D eigenvalue weighted by Crippen LogP contribution is -2.04. The van der Waals surface area contributed by atoms with E-state index in [2.05, 4.69) is 17.2 Å². The Bertz CT molecular complexity index is 432. The zero-order chi connectivity index (χ0) is 12.7. The van der Waals surface area contributed by atoms with E-state index in [-0.39, 0.29) is 0 Å². The van der Waals surface area contributed by atoms with Crippen LogP contribution >= 0.6 is 0 Å². The van der Waals surface area contributed by atoms with Gasteiger partial charge < -0.3 is 19.5 Å². The first-order valence-corrected chi connectivity index (χ1v) is 5.20. The number of hydrogen-bond acceptors (Lipinski definition) is 4. The van der Waals surface area contributed by atoms with Gasteiger partial charge >= 0.3 is 0 Å². The van der Waals surface area contributed by atoms with E-state index in [9.17, 15) is 0 Å². The van der Waals surface area contributed by atoms with Gasteiger partial charge in [0, 0.05) is 0 Å². The molecule has 1 N–H and O–H groups in total. The van der Waals surface area contributed by atoms with E-state index >= 15 is 0 Å². The zero-order valence-corrected chi connectivity index (χ0v) is 10.6. The van der Waals surface area contributed by atoms with Gasteiger partial charge in [-0.05, 0) is 19.2 Å². The molecule has 1 aromatic carbocycles. The maximum atomic E-state index is 5.31. The van der Waals surface area contributed by atoms with Crippen LogP contribution in [0.15, 0.2) is 12.1 Å². The molecule has 0 saturated heterocycles. The van der Waals surface area contributed by atoms with Crippen LogP contribution in [0.5, 0.6) is 17.2 Å². The van der Waals surface area contributed by atoms with Gasteiger partial charge in [0.1, 0.15) is 0 Å². The summed E-state index contributed by atoms with van der Waals surface area (Å²) in [6.45, 7) is 0.623. The Morgan fingerprint density at radius 1 is 1.06 bits per heavy atom. The number of hydrogen-bond donors (Lipinski definition) is 1. The predicted octanol–water partition coefficient (Wildman–Crippen LogP) is 1.28. The lowest BCUT2D eigenvalue weighted by molar-refractivity contribution is 0.324. The maximum absolute atomic E-state index is 5.31. The Balaban J connectivity index is 3.20. The Morgan fingerprint density at radius 3 is 2.29 bits per heavy atom. The van der Waals surface area contributed by atoms with Crippen molar-refractivity contribution >= 4 is 0 Å². The van der Waals surface area contributed by atoms with E-state index in [0.717, 1.165) is 5.56 Å². The van der Waals surface area contributed by atoms with Crippen LogP contribution in [0.2, 0.25) is 0 Å². The van der Waals surface area contributed by atoms with Crippen molar-refractivity contribution in [3.05, 3.63) is 17.7 Å². The minimum atomic E-state index is 0.561. The lowest BCUT2D eigenvalue weighted by Gasteiger charge is -2.13. The highest BCUT2D eigenvalue weighted by Gasteiger charge is 2.14. The summed E-state index contributed by atoms with van der Waals surface area (Å²) in [6, 6.07) is 3.66. The van der Waals surface area contributed by atoms with Crippen LogP contribution in [0.4, 0.5) is 0 Å². The van der Waals surface area contributed by atoms with Gasteiger partial charge in [-0.25, -0.2) is 0 Å². The number of ether oxygens (including phenoxy) is 3. The molecule has 4 heteroatoms. The normalized spacial score (nSPS) is 9.18. The van der Waals surface area contributed by atoms with Gasteiger partial charge in [0.25, 0.3) is 0 Å². The second kappa shape index (κ2) is 6.66. The first kappa shape index (κ1) is 13.2. The first-order valence-electron chi connectivity index (χ1n) is 5.20. The monoisotopic (exact) mass is 235 g/mol. The molecule has 0 bridgehead atoms. The van der Waals surface area contributed by atoms with Crippen LogP contribution < -0.4 is 19.5 Å². The average Bonchev–Trinajstić information content (AvgIpc) is 2.38. The van der Waals surface area contributed by atoms with Crippen molar-refractivity contribution in [1.82, 2.24) is 5.32 Å². The smallest absolute Gasteiger partial charge is 0.204 e. The van der Waals surface area contributed by atoms with Gasteiger partial charge in [0.05, 0.1) is 33.4 Å². The van der Waals surface area contributed by atoms with E-state index in [4.69, 9.17) is 14.2 Å². The van der Waals surface area contributed by atoms with E-state index in [0.29, 0.717) is 23.8 Å². The quantitative estimate of drug-likeness (QED) is 0.798. The zero-order valence-electron chi connectivity index (χ0n) is 10.6. The standard InChI is InChI=1S/C13H17NO3/c1-14-9-5-6-10-7-8-11(15-2)13(17-4)12(10)16-3/h7-8,14H,9H2,1-4H3. The highest BCUT2D eigenvalue weighted by atomic mass is 16.5. The number of nitrogens with one attached hydrogen (secondary N) is 1. The Labute approximate surface area is 102 Å². The van der Waals surface area contributed by atoms with E-state index < -0.39 is 0 Å². The summed E-state index contributed by atoms with van der Waals surface area (Å²) in [5.41, 5.74) is 0.778. The second-order valence-corrected chi connectivity index (χ2v) is 3.21. The molecule has 17 heavy (non-hydrogen) atoms. The third kappa shape index (κ3) is 3.05. The minimum absolute atomic E-state index is 0.561. The Kier molecular flexibility index (Phi) is 5.18. The summed E-state index contributed by atoms with van der Waals surface area (Å²) < 4.78 is 15.8. The number of methoxy groups -OCH3 is 3. The molecule has 0 aliphatic heterocycles. The lowest BCUT2D eigenvalue weighted by atomic mass is 10.1. The van der Waals surface area contributed by atoms with Gasteiger partial charge in [-0.2, -0.15) is 0 Å². The van der Waals surface area contributed by atoms with Crippen LogP contribution in [0, 0.1) is 11.8 Å². The summed E-state index contributed by atoms with van der Waals surface area (Å²) in [4.78, 5) is 0. The van der Waals surface area contributed by atoms with Crippen LogP contribution in [-0.4, -0.2) is 34.9 Å². The molecule has 1 rings (SSSR count). The van der Waals surface area contributed by atoms with E-state index in [1.807, 2.05) is 19.2 Å². The summed E-state index contributed by atoms with van der Waals surface area (Å²) in [5, 5.41) is 2.96. The summed E-state index contributed by atoms with van der Waals surface area (Å²) in [7, 11) is 6.59. The molecule has 1 aromatic rings. The van der Waals surface area contributed by atoms with Crippen molar-refractivity contribution < 1.29 is 14.2 Å². The molecule has 0 spiro atoms. The molecule has 0 aliphatic carbocycles. The third-order valence-corrected chi connectivity index (χ3v) is 2.19. The molecule has 0 saturated carbocycles. The molecule has 0 heterocycles. The SMILES string of the molecule is CNCC#Cc1ccc(OC)c(OC)c1OC. The van der Waals surface area contributed by atoms with Crippen molar-refractivity contribution in [1.29, 1.82) is 0 Å². The molecule has 92 valence electrons. The maximum Gasteiger partial charge on any atom is 0.204 e. The molecule has 0 radical (unpaired) electrons. The highest BCUT2D eigenvalue weighted by Crippen LogP contribution is 2.39. The van der Waals surface area contributed by atoms with Crippen molar-refractivity contribution in [2.24, 2.45) is 0 Å². The topological polar surface area (TPSA) is 39.7 Å². The Hall–Kier alpha value is -1.86. The summed E-state index contributed by atoms with van der Waals surface area (Å²) in [5.74, 6) is 7.78. The van der Waals surface area contributed by atoms with Gasteiger partial charge in [-0.3, -0.25) is 0 Å².